The first-order valence-electron chi connectivity index (χ1n) is 9.03. The molecule has 1 saturated carbocycles. The maximum atomic E-state index is 12.8. The number of nitrogens with one attached hydrogen (secondary N) is 2. The fraction of sp³-hybridized carbons (Fsp3) is 0.450. The van der Waals surface area contributed by atoms with Crippen LogP contribution in [0.5, 0.6) is 0 Å². The molecule has 26 heavy (non-hydrogen) atoms. The number of hydrogen-bond donors (Lipinski definition) is 3. The van der Waals surface area contributed by atoms with E-state index in [2.05, 4.69) is 10.6 Å². The van der Waals surface area contributed by atoms with E-state index in [0.29, 0.717) is 17.8 Å². The zero-order valence-corrected chi connectivity index (χ0v) is 15.0. The number of fused-ring (bicyclic) bond motifs is 2. The number of anilines is 2. The Kier molecular flexibility index (Phi) is 5.11. The van der Waals surface area contributed by atoms with E-state index in [1.54, 1.807) is 18.2 Å². The second kappa shape index (κ2) is 7.32. The predicted octanol–water partition coefficient (Wildman–Crippen LogP) is 3.20. The van der Waals surface area contributed by atoms with Crippen LogP contribution in [0.25, 0.3) is 0 Å². The smallest absolute Gasteiger partial charge is 0.307 e. The molecule has 0 radical (unpaired) electrons. The quantitative estimate of drug-likeness (QED) is 0.682. The zero-order chi connectivity index (χ0) is 18.8. The lowest BCUT2D eigenvalue weighted by molar-refractivity contribution is -0.146. The molecule has 138 valence electrons. The van der Waals surface area contributed by atoms with Gasteiger partial charge in [0.05, 0.1) is 11.8 Å². The Labute approximate surface area is 152 Å². The van der Waals surface area contributed by atoms with Crippen molar-refractivity contribution < 1.29 is 19.5 Å². The third-order valence-electron chi connectivity index (χ3n) is 5.39. The molecule has 2 aliphatic rings. The Balaban J connectivity index is 1.76. The minimum Gasteiger partial charge on any atom is -0.481 e. The van der Waals surface area contributed by atoms with Gasteiger partial charge in [0.1, 0.15) is 0 Å². The van der Waals surface area contributed by atoms with Crippen LogP contribution < -0.4 is 10.6 Å². The number of aliphatic carboxylic acids is 1. The first-order valence-corrected chi connectivity index (χ1v) is 9.03. The summed E-state index contributed by atoms with van der Waals surface area (Å²) < 4.78 is 0. The summed E-state index contributed by atoms with van der Waals surface area (Å²) in [6.45, 7) is 3.76. The van der Waals surface area contributed by atoms with Crippen molar-refractivity contribution in [2.45, 2.75) is 33.1 Å². The molecule has 3 N–H and O–H groups in total. The number of benzene rings is 1. The molecule has 6 nitrogen and oxygen atoms in total. The monoisotopic (exact) mass is 356 g/mol. The van der Waals surface area contributed by atoms with Gasteiger partial charge in [-0.05, 0) is 49.3 Å². The number of carbonyl (C=O) groups excluding carboxylic acids is 2. The van der Waals surface area contributed by atoms with Gasteiger partial charge in [-0.2, -0.15) is 0 Å². The Morgan fingerprint density at radius 3 is 2.31 bits per heavy atom. The van der Waals surface area contributed by atoms with E-state index in [1.807, 2.05) is 26.0 Å². The molecule has 1 fully saturated rings. The van der Waals surface area contributed by atoms with Crippen molar-refractivity contribution in [1.29, 1.82) is 0 Å². The van der Waals surface area contributed by atoms with Crippen LogP contribution in [0.3, 0.4) is 0 Å². The topological polar surface area (TPSA) is 95.5 Å². The van der Waals surface area contributed by atoms with Crippen LogP contribution >= 0.6 is 0 Å². The summed E-state index contributed by atoms with van der Waals surface area (Å²) in [6.07, 6.45) is 5.80. The Hall–Kier alpha value is -2.63. The maximum absolute atomic E-state index is 12.8. The molecular formula is C20H24N2O4. The highest BCUT2D eigenvalue weighted by Crippen LogP contribution is 2.48. The summed E-state index contributed by atoms with van der Waals surface area (Å²) in [5.41, 5.74) is 2.01. The van der Waals surface area contributed by atoms with Gasteiger partial charge in [-0.25, -0.2) is 0 Å². The van der Waals surface area contributed by atoms with Gasteiger partial charge in [0, 0.05) is 17.8 Å². The summed E-state index contributed by atoms with van der Waals surface area (Å²) in [4.78, 5) is 36.3. The van der Waals surface area contributed by atoms with E-state index < -0.39 is 17.8 Å². The summed E-state index contributed by atoms with van der Waals surface area (Å²) in [5.74, 6) is -2.56. The van der Waals surface area contributed by atoms with Crippen molar-refractivity contribution in [3.05, 3.63) is 35.9 Å². The lowest BCUT2D eigenvalue weighted by Crippen LogP contribution is -2.36. The molecule has 0 saturated heterocycles. The lowest BCUT2D eigenvalue weighted by Gasteiger charge is -2.24. The number of allylic oxidation sites excluding steroid dienone is 2. The third kappa shape index (κ3) is 3.36. The fourth-order valence-electron chi connectivity index (χ4n) is 4.08. The largest absolute Gasteiger partial charge is 0.481 e. The molecule has 1 aromatic rings. The SMILES string of the molecule is CCCC(=O)Nc1cccc(NC(=O)[C@@H]2[C@H](C(=O)O)[C@H]3C=C[C@H]2C3)c1C. The molecule has 1 aromatic carbocycles. The second-order valence-corrected chi connectivity index (χ2v) is 7.10. The average Bonchev–Trinajstić information content (AvgIpc) is 3.19. The zero-order valence-electron chi connectivity index (χ0n) is 15.0. The highest BCUT2D eigenvalue weighted by Gasteiger charge is 2.51. The van der Waals surface area contributed by atoms with Crippen LogP contribution in [-0.4, -0.2) is 22.9 Å². The van der Waals surface area contributed by atoms with Gasteiger partial charge in [0.25, 0.3) is 0 Å². The van der Waals surface area contributed by atoms with E-state index in [1.165, 1.54) is 0 Å². The lowest BCUT2D eigenvalue weighted by atomic mass is 9.82. The minimum atomic E-state index is -0.917. The van der Waals surface area contributed by atoms with Crippen LogP contribution in [0.1, 0.15) is 31.7 Å². The van der Waals surface area contributed by atoms with Gasteiger partial charge in [-0.15, -0.1) is 0 Å². The molecule has 0 heterocycles. The highest BCUT2D eigenvalue weighted by atomic mass is 16.4. The molecule has 0 aromatic heterocycles. The molecule has 3 rings (SSSR count). The molecule has 2 amide bonds. The van der Waals surface area contributed by atoms with Gasteiger partial charge in [-0.1, -0.05) is 25.1 Å². The number of carboxylic acid groups (broad SMARTS) is 1. The summed E-state index contributed by atoms with van der Waals surface area (Å²) in [5, 5.41) is 15.2. The first kappa shape index (κ1) is 18.2. The number of amides is 2. The van der Waals surface area contributed by atoms with Crippen molar-refractivity contribution in [3.63, 3.8) is 0 Å². The number of carboxylic acids is 1. The Bertz CT molecular complexity index is 771. The normalized spacial score (nSPS) is 25.9. The second-order valence-electron chi connectivity index (χ2n) is 7.10. The molecule has 4 atom stereocenters. The van der Waals surface area contributed by atoms with E-state index in [-0.39, 0.29) is 23.7 Å². The van der Waals surface area contributed by atoms with Crippen LogP contribution in [0, 0.1) is 30.6 Å². The van der Waals surface area contributed by atoms with Crippen molar-refractivity contribution >= 4 is 29.2 Å². The van der Waals surface area contributed by atoms with Crippen LogP contribution in [0.2, 0.25) is 0 Å². The van der Waals surface area contributed by atoms with Crippen molar-refractivity contribution in [1.82, 2.24) is 0 Å². The minimum absolute atomic E-state index is 0.0196. The molecule has 2 bridgehead atoms. The van der Waals surface area contributed by atoms with Crippen molar-refractivity contribution in [2.75, 3.05) is 10.6 Å². The van der Waals surface area contributed by atoms with Crippen LogP contribution in [0.15, 0.2) is 30.4 Å². The van der Waals surface area contributed by atoms with Crippen LogP contribution in [0.4, 0.5) is 11.4 Å². The van der Waals surface area contributed by atoms with Gasteiger partial charge < -0.3 is 15.7 Å². The molecule has 0 aliphatic heterocycles. The van der Waals surface area contributed by atoms with E-state index >= 15 is 0 Å². The Morgan fingerprint density at radius 2 is 1.69 bits per heavy atom. The number of hydrogen-bond acceptors (Lipinski definition) is 3. The molecule has 2 aliphatic carbocycles. The summed E-state index contributed by atoms with van der Waals surface area (Å²) >= 11 is 0. The van der Waals surface area contributed by atoms with E-state index in [0.717, 1.165) is 18.4 Å². The van der Waals surface area contributed by atoms with Crippen molar-refractivity contribution in [2.24, 2.45) is 23.7 Å². The predicted molar refractivity (Wildman–Crippen MR) is 98.7 cm³/mol. The van der Waals surface area contributed by atoms with Crippen LogP contribution in [-0.2, 0) is 14.4 Å². The molecule has 6 heteroatoms. The fourth-order valence-corrected chi connectivity index (χ4v) is 4.08. The highest BCUT2D eigenvalue weighted by molar-refractivity contribution is 5.98. The number of carbonyl (C=O) groups is 3. The Morgan fingerprint density at radius 1 is 1.08 bits per heavy atom. The van der Waals surface area contributed by atoms with Gasteiger partial charge in [-0.3, -0.25) is 14.4 Å². The van der Waals surface area contributed by atoms with E-state index in [4.69, 9.17) is 0 Å². The van der Waals surface area contributed by atoms with Gasteiger partial charge in [0.15, 0.2) is 0 Å². The first-order chi connectivity index (χ1) is 12.4. The van der Waals surface area contributed by atoms with Gasteiger partial charge in [0.2, 0.25) is 11.8 Å². The van der Waals surface area contributed by atoms with E-state index in [9.17, 15) is 19.5 Å². The molecule has 0 unspecified atom stereocenters. The summed E-state index contributed by atoms with van der Waals surface area (Å²) in [6, 6.07) is 5.32. The summed E-state index contributed by atoms with van der Waals surface area (Å²) in [7, 11) is 0. The van der Waals surface area contributed by atoms with Crippen molar-refractivity contribution in [3.8, 4) is 0 Å². The van der Waals surface area contributed by atoms with Gasteiger partial charge >= 0.3 is 5.97 Å². The average molecular weight is 356 g/mol. The number of rotatable bonds is 6. The maximum Gasteiger partial charge on any atom is 0.307 e. The third-order valence-corrected chi connectivity index (χ3v) is 5.39. The molecular weight excluding hydrogens is 332 g/mol. The standard InChI is InChI=1S/C20H24N2O4/c1-3-5-16(23)21-14-6-4-7-15(11(14)2)22-19(24)17-12-8-9-13(10-12)18(17)20(25)26/h4,6-9,12-13,17-18H,3,5,10H2,1-2H3,(H,21,23)(H,22,24)(H,25,26)/t12-,13-,17-,18+/m0/s1. The molecule has 0 spiro atoms.